The first-order chi connectivity index (χ1) is 9.06. The van der Waals surface area contributed by atoms with Crippen LogP contribution in [0.15, 0.2) is 21.8 Å². The van der Waals surface area contributed by atoms with Crippen LogP contribution in [0, 0.1) is 6.92 Å². The molecule has 1 atom stereocenters. The number of piperidine rings is 1. The highest BCUT2D eigenvalue weighted by molar-refractivity contribution is 7.80. The molecule has 4 nitrogen and oxygen atoms in total. The molecule has 102 valence electrons. The van der Waals surface area contributed by atoms with Crippen LogP contribution in [-0.2, 0) is 0 Å². The van der Waals surface area contributed by atoms with Crippen LogP contribution in [0.4, 0.5) is 0 Å². The Kier molecular flexibility index (Phi) is 3.46. The van der Waals surface area contributed by atoms with Gasteiger partial charge >= 0.3 is 5.69 Å². The van der Waals surface area contributed by atoms with E-state index in [1.165, 1.54) is 0 Å². The summed E-state index contributed by atoms with van der Waals surface area (Å²) in [6.45, 7) is 4.02. The quantitative estimate of drug-likeness (QED) is 0.626. The fourth-order valence-electron chi connectivity index (χ4n) is 2.78. The summed E-state index contributed by atoms with van der Waals surface area (Å²) >= 11 is 4.47. The molecule has 1 saturated heterocycles. The Morgan fingerprint density at radius 1 is 1.37 bits per heavy atom. The Balaban J connectivity index is 2.10. The fraction of sp³-hybridized carbons (Fsp3) is 0.462. The normalized spacial score (nSPS) is 18.3. The average molecular weight is 295 g/mol. The number of benzene rings is 1. The highest BCUT2D eigenvalue weighted by atomic mass is 32.1. The largest absolute Gasteiger partial charge is 0.326 e. The molecule has 0 saturated carbocycles. The number of aryl methyl sites for hydroxylation is 1. The first kappa shape index (κ1) is 13.2. The molecule has 1 aromatic carbocycles. The van der Waals surface area contributed by atoms with Crippen molar-refractivity contribution in [1.29, 1.82) is 0 Å². The standard InChI is InChI=1S/C13H18N3OPS/c1-8-6-10-11(7-12(8)19)16(13(17)14-10)9-2-4-15(18)5-3-9/h6-7,9,19H,2-5,18H2,1H3,(H,14,17). The number of hydrogen-bond donors (Lipinski definition) is 2. The van der Waals surface area contributed by atoms with Gasteiger partial charge in [-0.3, -0.25) is 9.24 Å². The van der Waals surface area contributed by atoms with Gasteiger partial charge in [-0.05, 0) is 37.5 Å². The number of imidazole rings is 1. The summed E-state index contributed by atoms with van der Waals surface area (Å²) < 4.78 is 4.14. The molecular weight excluding hydrogens is 277 g/mol. The summed E-state index contributed by atoms with van der Waals surface area (Å²) in [4.78, 5) is 16.1. The van der Waals surface area contributed by atoms with Gasteiger partial charge in [0.1, 0.15) is 0 Å². The van der Waals surface area contributed by atoms with Crippen molar-refractivity contribution in [3.8, 4) is 0 Å². The Morgan fingerprint density at radius 3 is 2.74 bits per heavy atom. The fourth-order valence-corrected chi connectivity index (χ4v) is 3.26. The molecule has 3 rings (SSSR count). The molecule has 1 fully saturated rings. The van der Waals surface area contributed by atoms with Gasteiger partial charge in [-0.2, -0.15) is 0 Å². The van der Waals surface area contributed by atoms with Crippen LogP contribution >= 0.6 is 22.0 Å². The van der Waals surface area contributed by atoms with Gasteiger partial charge in [0.05, 0.1) is 11.0 Å². The van der Waals surface area contributed by atoms with Gasteiger partial charge < -0.3 is 4.98 Å². The SMILES string of the molecule is Cc1cc2[nH]c(=O)n(C3CCN(P)CC3)c2cc1S. The van der Waals surface area contributed by atoms with Crippen molar-refractivity contribution in [2.24, 2.45) is 0 Å². The van der Waals surface area contributed by atoms with Crippen LogP contribution in [0.3, 0.4) is 0 Å². The van der Waals surface area contributed by atoms with Crippen LogP contribution < -0.4 is 5.69 Å². The van der Waals surface area contributed by atoms with Crippen molar-refractivity contribution in [3.05, 3.63) is 28.2 Å². The predicted octanol–water partition coefficient (Wildman–Crippen LogP) is 2.35. The number of aromatic nitrogens is 2. The van der Waals surface area contributed by atoms with E-state index < -0.39 is 0 Å². The first-order valence-electron chi connectivity index (χ1n) is 6.49. The third-order valence-electron chi connectivity index (χ3n) is 3.90. The second-order valence-electron chi connectivity index (χ2n) is 5.22. The minimum atomic E-state index is -0.00413. The third kappa shape index (κ3) is 2.35. The molecule has 1 N–H and O–H groups in total. The van der Waals surface area contributed by atoms with E-state index in [0.717, 1.165) is 47.4 Å². The Morgan fingerprint density at radius 2 is 2.05 bits per heavy atom. The van der Waals surface area contributed by atoms with E-state index in [4.69, 9.17) is 0 Å². The minimum absolute atomic E-state index is 0.00413. The lowest BCUT2D eigenvalue weighted by molar-refractivity contribution is 0.290. The molecular formula is C13H18N3OPS. The summed E-state index contributed by atoms with van der Waals surface area (Å²) in [6.07, 6.45) is 2.01. The summed E-state index contributed by atoms with van der Waals surface area (Å²) in [5.74, 6) is 0. The van der Waals surface area contributed by atoms with Crippen molar-refractivity contribution >= 4 is 33.1 Å². The number of fused-ring (bicyclic) bond motifs is 1. The summed E-state index contributed by atoms with van der Waals surface area (Å²) in [5, 5.41) is 0. The maximum atomic E-state index is 12.2. The van der Waals surface area contributed by atoms with E-state index in [1.807, 2.05) is 23.6 Å². The molecule has 1 aliphatic heterocycles. The summed E-state index contributed by atoms with van der Waals surface area (Å²) in [5.41, 5.74) is 2.97. The van der Waals surface area contributed by atoms with Crippen LogP contribution in [-0.4, -0.2) is 27.3 Å². The maximum absolute atomic E-state index is 12.2. The Bertz CT molecular complexity index is 670. The lowest BCUT2D eigenvalue weighted by atomic mass is 10.1. The van der Waals surface area contributed by atoms with Gasteiger partial charge in [-0.1, -0.05) is 9.39 Å². The number of rotatable bonds is 1. The van der Waals surface area contributed by atoms with Crippen LogP contribution in [0.2, 0.25) is 0 Å². The number of H-pyrrole nitrogens is 1. The van der Waals surface area contributed by atoms with Crippen molar-refractivity contribution < 1.29 is 0 Å². The van der Waals surface area contributed by atoms with Gasteiger partial charge in [-0.25, -0.2) is 4.79 Å². The number of aromatic amines is 1. The smallest absolute Gasteiger partial charge is 0.306 e. The van der Waals surface area contributed by atoms with Crippen molar-refractivity contribution in [1.82, 2.24) is 14.2 Å². The van der Waals surface area contributed by atoms with E-state index in [1.54, 1.807) is 0 Å². The second kappa shape index (κ2) is 4.97. The van der Waals surface area contributed by atoms with E-state index in [-0.39, 0.29) is 11.7 Å². The van der Waals surface area contributed by atoms with Crippen molar-refractivity contribution in [2.75, 3.05) is 13.1 Å². The molecule has 1 unspecified atom stereocenters. The molecule has 2 aromatic rings. The first-order valence-corrected chi connectivity index (χ1v) is 7.46. The topological polar surface area (TPSA) is 41.0 Å². The Hall–Kier alpha value is -0.770. The van der Waals surface area contributed by atoms with Gasteiger partial charge in [-0.15, -0.1) is 12.6 Å². The molecule has 1 aliphatic rings. The summed E-state index contributed by atoms with van der Waals surface area (Å²) in [7, 11) is 2.74. The highest BCUT2D eigenvalue weighted by Crippen LogP contribution is 2.28. The van der Waals surface area contributed by atoms with E-state index in [0.29, 0.717) is 0 Å². The van der Waals surface area contributed by atoms with Crippen LogP contribution in [0.1, 0.15) is 24.4 Å². The number of thiol groups is 1. The lowest BCUT2D eigenvalue weighted by Gasteiger charge is -2.29. The molecule has 6 heteroatoms. The van der Waals surface area contributed by atoms with E-state index >= 15 is 0 Å². The van der Waals surface area contributed by atoms with Crippen molar-refractivity contribution in [2.45, 2.75) is 30.7 Å². The maximum Gasteiger partial charge on any atom is 0.326 e. The molecule has 0 spiro atoms. The lowest BCUT2D eigenvalue weighted by Crippen LogP contribution is -2.32. The third-order valence-corrected chi connectivity index (χ3v) is 4.90. The molecule has 0 bridgehead atoms. The number of nitrogens with one attached hydrogen (secondary N) is 1. The van der Waals surface area contributed by atoms with E-state index in [9.17, 15) is 4.79 Å². The molecule has 0 amide bonds. The zero-order valence-electron chi connectivity index (χ0n) is 10.9. The minimum Gasteiger partial charge on any atom is -0.306 e. The van der Waals surface area contributed by atoms with E-state index in [2.05, 4.69) is 31.7 Å². The zero-order valence-corrected chi connectivity index (χ0v) is 12.9. The predicted molar refractivity (Wildman–Crippen MR) is 84.1 cm³/mol. The molecule has 19 heavy (non-hydrogen) atoms. The zero-order chi connectivity index (χ0) is 13.6. The number of nitrogens with zero attached hydrogens (tertiary/aromatic N) is 2. The average Bonchev–Trinajstić information content (AvgIpc) is 2.67. The highest BCUT2D eigenvalue weighted by Gasteiger charge is 2.22. The van der Waals surface area contributed by atoms with Crippen LogP contribution in [0.5, 0.6) is 0 Å². The van der Waals surface area contributed by atoms with Crippen molar-refractivity contribution in [3.63, 3.8) is 0 Å². The molecule has 0 aliphatic carbocycles. The second-order valence-corrected chi connectivity index (χ2v) is 6.44. The molecule has 1 aromatic heterocycles. The molecule has 2 heterocycles. The number of hydrogen-bond acceptors (Lipinski definition) is 3. The molecule has 0 radical (unpaired) electrons. The monoisotopic (exact) mass is 295 g/mol. The van der Waals surface area contributed by atoms with Crippen LogP contribution in [0.25, 0.3) is 11.0 Å². The van der Waals surface area contributed by atoms with Gasteiger partial charge in [0.25, 0.3) is 0 Å². The summed E-state index contributed by atoms with van der Waals surface area (Å²) in [6, 6.07) is 4.28. The van der Waals surface area contributed by atoms with Gasteiger partial charge in [0.15, 0.2) is 0 Å². The van der Waals surface area contributed by atoms with Gasteiger partial charge in [0.2, 0.25) is 0 Å². The Labute approximate surface area is 119 Å². The van der Waals surface area contributed by atoms with Gasteiger partial charge in [0, 0.05) is 24.0 Å².